The van der Waals surface area contributed by atoms with Crippen molar-refractivity contribution in [3.8, 4) is 0 Å². The lowest BCUT2D eigenvalue weighted by Gasteiger charge is -2.31. The second-order valence-corrected chi connectivity index (χ2v) is 5.15. The molecule has 2 heterocycles. The van der Waals surface area contributed by atoms with Gasteiger partial charge in [-0.25, -0.2) is 0 Å². The van der Waals surface area contributed by atoms with Gasteiger partial charge >= 0.3 is 0 Å². The molecule has 2 aromatic heterocycles. The number of nitrogens with zero attached hydrogens (tertiary/aromatic N) is 2. The molecule has 100 valence electrons. The van der Waals surface area contributed by atoms with Crippen molar-refractivity contribution in [3.63, 3.8) is 0 Å². The molecule has 0 amide bonds. The first kappa shape index (κ1) is 13.6. The van der Waals surface area contributed by atoms with Crippen molar-refractivity contribution in [2.45, 2.75) is 31.5 Å². The van der Waals surface area contributed by atoms with E-state index in [2.05, 4.69) is 9.97 Å². The Kier molecular flexibility index (Phi) is 3.64. The van der Waals surface area contributed by atoms with Gasteiger partial charge in [0.1, 0.15) is 11.2 Å². The normalized spacial score (nSPS) is 17.5. The summed E-state index contributed by atoms with van der Waals surface area (Å²) in [4.78, 5) is 8.29. The first-order valence-electron chi connectivity index (χ1n) is 6.20. The van der Waals surface area contributed by atoms with Gasteiger partial charge in [0, 0.05) is 18.8 Å². The summed E-state index contributed by atoms with van der Waals surface area (Å²) in [6.45, 7) is 3.29. The summed E-state index contributed by atoms with van der Waals surface area (Å²) in [5.74, 6) is 0. The predicted octanol–water partition coefficient (Wildman–Crippen LogP) is 1.98. The molecule has 2 rings (SSSR count). The third kappa shape index (κ3) is 3.16. The summed E-state index contributed by atoms with van der Waals surface area (Å²) in [6, 6.07) is 10.7. The van der Waals surface area contributed by atoms with E-state index in [4.69, 9.17) is 0 Å². The molecule has 19 heavy (non-hydrogen) atoms. The van der Waals surface area contributed by atoms with Crippen molar-refractivity contribution in [2.24, 2.45) is 0 Å². The van der Waals surface area contributed by atoms with Gasteiger partial charge in [0.05, 0.1) is 11.4 Å². The molecule has 0 fully saturated rings. The van der Waals surface area contributed by atoms with Gasteiger partial charge in [-0.05, 0) is 38.1 Å². The van der Waals surface area contributed by atoms with Crippen LogP contribution < -0.4 is 0 Å². The van der Waals surface area contributed by atoms with E-state index in [0.717, 1.165) is 0 Å². The van der Waals surface area contributed by atoms with Crippen LogP contribution in [0.1, 0.15) is 31.7 Å². The van der Waals surface area contributed by atoms with Gasteiger partial charge in [-0.3, -0.25) is 9.97 Å². The van der Waals surface area contributed by atoms with Crippen molar-refractivity contribution in [3.05, 3.63) is 60.2 Å². The van der Waals surface area contributed by atoms with Crippen molar-refractivity contribution in [1.29, 1.82) is 0 Å². The smallest absolute Gasteiger partial charge is 0.107 e. The molecule has 0 aliphatic heterocycles. The van der Waals surface area contributed by atoms with E-state index >= 15 is 0 Å². The maximum Gasteiger partial charge on any atom is 0.107 e. The number of aliphatic hydroxyl groups is 2. The van der Waals surface area contributed by atoms with Crippen LogP contribution in [0.5, 0.6) is 0 Å². The van der Waals surface area contributed by atoms with E-state index < -0.39 is 11.2 Å². The fourth-order valence-electron chi connectivity index (χ4n) is 2.21. The molecular formula is C15H18N2O2. The topological polar surface area (TPSA) is 66.2 Å². The van der Waals surface area contributed by atoms with E-state index in [9.17, 15) is 10.2 Å². The zero-order chi connectivity index (χ0) is 13.9. The first-order chi connectivity index (χ1) is 8.92. The maximum absolute atomic E-state index is 10.5. The highest BCUT2D eigenvalue weighted by Gasteiger charge is 2.36. The summed E-state index contributed by atoms with van der Waals surface area (Å²) in [5.41, 5.74) is -1.37. The van der Waals surface area contributed by atoms with E-state index in [1.54, 1.807) is 50.5 Å². The zero-order valence-electron chi connectivity index (χ0n) is 11.1. The van der Waals surface area contributed by atoms with Crippen LogP contribution in [0.3, 0.4) is 0 Å². The van der Waals surface area contributed by atoms with E-state index in [1.807, 2.05) is 12.1 Å². The fourth-order valence-corrected chi connectivity index (χ4v) is 2.21. The molecule has 0 aliphatic rings. The maximum atomic E-state index is 10.5. The van der Waals surface area contributed by atoms with Crippen LogP contribution in [0.2, 0.25) is 0 Å². The monoisotopic (exact) mass is 258 g/mol. The van der Waals surface area contributed by atoms with Gasteiger partial charge in [0.15, 0.2) is 0 Å². The van der Waals surface area contributed by atoms with Crippen LogP contribution in [0.25, 0.3) is 0 Å². The highest BCUT2D eigenvalue weighted by atomic mass is 16.3. The van der Waals surface area contributed by atoms with Crippen LogP contribution in [-0.2, 0) is 11.2 Å². The van der Waals surface area contributed by atoms with Gasteiger partial charge in [-0.15, -0.1) is 0 Å². The highest BCUT2D eigenvalue weighted by molar-refractivity contribution is 5.17. The molecule has 2 aromatic rings. The van der Waals surface area contributed by atoms with E-state index in [0.29, 0.717) is 11.4 Å². The molecule has 2 N–H and O–H groups in total. The fraction of sp³-hybridized carbons (Fsp3) is 0.333. The summed E-state index contributed by atoms with van der Waals surface area (Å²) >= 11 is 0. The highest BCUT2D eigenvalue weighted by Crippen LogP contribution is 2.33. The van der Waals surface area contributed by atoms with Crippen molar-refractivity contribution >= 4 is 0 Å². The Balaban J connectivity index is 2.25. The predicted molar refractivity (Wildman–Crippen MR) is 72.2 cm³/mol. The third-order valence-corrected chi connectivity index (χ3v) is 3.12. The van der Waals surface area contributed by atoms with Crippen molar-refractivity contribution < 1.29 is 10.2 Å². The lowest BCUT2D eigenvalue weighted by molar-refractivity contribution is -0.0568. The molecule has 0 saturated carbocycles. The Hall–Kier alpha value is -1.78. The molecule has 0 aliphatic carbocycles. The zero-order valence-corrected chi connectivity index (χ0v) is 11.1. The summed E-state index contributed by atoms with van der Waals surface area (Å²) in [6.07, 6.45) is 3.37. The summed E-state index contributed by atoms with van der Waals surface area (Å²) in [7, 11) is 0. The number of pyridine rings is 2. The Morgan fingerprint density at radius 2 is 1.26 bits per heavy atom. The van der Waals surface area contributed by atoms with Gasteiger partial charge in [-0.1, -0.05) is 12.1 Å². The van der Waals surface area contributed by atoms with Crippen LogP contribution in [0, 0.1) is 0 Å². The number of rotatable bonds is 4. The Labute approximate surface area is 112 Å². The van der Waals surface area contributed by atoms with Gasteiger partial charge < -0.3 is 10.2 Å². The minimum atomic E-state index is -1.22. The molecule has 4 heteroatoms. The lowest BCUT2D eigenvalue weighted by Crippen LogP contribution is -2.35. The van der Waals surface area contributed by atoms with Gasteiger partial charge in [0.2, 0.25) is 0 Å². The largest absolute Gasteiger partial charge is 0.384 e. The van der Waals surface area contributed by atoms with Crippen molar-refractivity contribution in [1.82, 2.24) is 9.97 Å². The van der Waals surface area contributed by atoms with E-state index in [-0.39, 0.29) is 6.42 Å². The Morgan fingerprint density at radius 3 is 1.58 bits per heavy atom. The molecule has 0 bridgehead atoms. The van der Waals surface area contributed by atoms with Crippen molar-refractivity contribution in [2.75, 3.05) is 0 Å². The summed E-state index contributed by atoms with van der Waals surface area (Å²) in [5, 5.41) is 21.1. The van der Waals surface area contributed by atoms with Crippen LogP contribution in [0.4, 0.5) is 0 Å². The average Bonchev–Trinajstić information content (AvgIpc) is 2.40. The molecule has 0 saturated heterocycles. The number of aromatic nitrogens is 2. The molecule has 0 aromatic carbocycles. The van der Waals surface area contributed by atoms with Crippen LogP contribution in [0.15, 0.2) is 48.8 Å². The molecule has 0 radical (unpaired) electrons. The van der Waals surface area contributed by atoms with E-state index in [1.165, 1.54) is 0 Å². The Bertz CT molecular complexity index is 475. The second-order valence-electron chi connectivity index (χ2n) is 5.15. The minimum absolute atomic E-state index is 0.119. The number of hydrogen-bond acceptors (Lipinski definition) is 4. The molecule has 4 nitrogen and oxygen atoms in total. The molecular weight excluding hydrogens is 240 g/mol. The lowest BCUT2D eigenvalue weighted by atomic mass is 9.84. The summed E-state index contributed by atoms with van der Waals surface area (Å²) < 4.78 is 0. The molecule has 0 unspecified atom stereocenters. The quantitative estimate of drug-likeness (QED) is 0.880. The van der Waals surface area contributed by atoms with Crippen LogP contribution in [-0.4, -0.2) is 20.2 Å². The molecule has 0 spiro atoms. The minimum Gasteiger partial charge on any atom is -0.384 e. The standard InChI is InChI=1S/C15H18N2O2/c1-14(18,12-7-3-5-9-16-12)11-15(2,19)13-8-4-6-10-17-13/h3-10,18-19H,11H2,1-2H3/t14-,15+. The third-order valence-electron chi connectivity index (χ3n) is 3.12. The van der Waals surface area contributed by atoms with Gasteiger partial charge in [0.25, 0.3) is 0 Å². The average molecular weight is 258 g/mol. The SMILES string of the molecule is C[C@](O)(C[C@@](C)(O)c1ccccn1)c1ccccn1. The first-order valence-corrected chi connectivity index (χ1v) is 6.20. The van der Waals surface area contributed by atoms with Crippen LogP contribution >= 0.6 is 0 Å². The second kappa shape index (κ2) is 5.07. The van der Waals surface area contributed by atoms with Gasteiger partial charge in [-0.2, -0.15) is 0 Å². The molecule has 2 atom stereocenters. The number of hydrogen-bond donors (Lipinski definition) is 2. The Morgan fingerprint density at radius 1 is 0.842 bits per heavy atom.